The van der Waals surface area contributed by atoms with Gasteiger partial charge in [-0.3, -0.25) is 0 Å². The van der Waals surface area contributed by atoms with Gasteiger partial charge >= 0.3 is 6.03 Å². The van der Waals surface area contributed by atoms with Gasteiger partial charge < -0.3 is 14.9 Å². The van der Waals surface area contributed by atoms with E-state index in [4.69, 9.17) is 5.11 Å². The summed E-state index contributed by atoms with van der Waals surface area (Å²) >= 11 is 0. The maximum Gasteiger partial charge on any atom is 0.320 e. The number of urea groups is 1. The first-order chi connectivity index (χ1) is 8.95. The number of carbonyl (C=O) groups excluding carboxylic acids is 1. The number of rotatable bonds is 3. The molecule has 1 saturated heterocycles. The van der Waals surface area contributed by atoms with Gasteiger partial charge in [0.05, 0.1) is 12.6 Å². The number of hydrogen-bond acceptors (Lipinski definition) is 2. The molecular formula is C15H22N2O2. The third-order valence-corrected chi connectivity index (χ3v) is 4.04. The fourth-order valence-corrected chi connectivity index (χ4v) is 2.72. The number of amides is 2. The van der Waals surface area contributed by atoms with Gasteiger partial charge in [0.15, 0.2) is 0 Å². The fourth-order valence-electron chi connectivity index (χ4n) is 2.72. The molecule has 0 saturated carbocycles. The van der Waals surface area contributed by atoms with Crippen molar-refractivity contribution < 1.29 is 9.90 Å². The van der Waals surface area contributed by atoms with E-state index < -0.39 is 0 Å². The molecule has 1 atom stereocenters. The lowest BCUT2D eigenvalue weighted by atomic mass is 9.95. The first-order valence-electron chi connectivity index (χ1n) is 6.66. The van der Waals surface area contributed by atoms with E-state index in [1.807, 2.05) is 7.05 Å². The molecule has 4 nitrogen and oxygen atoms in total. The van der Waals surface area contributed by atoms with Crippen molar-refractivity contribution in [1.29, 1.82) is 0 Å². The van der Waals surface area contributed by atoms with Gasteiger partial charge in [-0.25, -0.2) is 4.79 Å². The van der Waals surface area contributed by atoms with Crippen LogP contribution in [0.25, 0.3) is 0 Å². The van der Waals surface area contributed by atoms with Crippen LogP contribution in [0.15, 0.2) is 12.1 Å². The van der Waals surface area contributed by atoms with Crippen molar-refractivity contribution >= 4 is 6.03 Å². The van der Waals surface area contributed by atoms with Crippen LogP contribution in [0.3, 0.4) is 0 Å². The SMILES string of the molecule is Cc1cc(C)c(C2CN(CCO)C(=O)N2C)cc1C. The highest BCUT2D eigenvalue weighted by Gasteiger charge is 2.35. The van der Waals surface area contributed by atoms with Crippen LogP contribution in [0.4, 0.5) is 4.79 Å². The van der Waals surface area contributed by atoms with Gasteiger partial charge in [-0.15, -0.1) is 0 Å². The van der Waals surface area contributed by atoms with Gasteiger partial charge in [0.25, 0.3) is 0 Å². The number of aryl methyl sites for hydroxylation is 3. The number of carbonyl (C=O) groups is 1. The molecular weight excluding hydrogens is 240 g/mol. The van der Waals surface area contributed by atoms with E-state index in [1.165, 1.54) is 22.3 Å². The number of likely N-dealkylation sites (N-methyl/N-ethyl adjacent to an activating group) is 1. The summed E-state index contributed by atoms with van der Waals surface area (Å²) in [7, 11) is 1.83. The van der Waals surface area contributed by atoms with E-state index >= 15 is 0 Å². The molecule has 0 bridgehead atoms. The highest BCUT2D eigenvalue weighted by Crippen LogP contribution is 2.31. The average molecular weight is 262 g/mol. The third kappa shape index (κ3) is 2.45. The van der Waals surface area contributed by atoms with Gasteiger partial charge in [0, 0.05) is 20.1 Å². The van der Waals surface area contributed by atoms with E-state index in [0.717, 1.165) is 0 Å². The van der Waals surface area contributed by atoms with E-state index in [2.05, 4.69) is 32.9 Å². The highest BCUT2D eigenvalue weighted by atomic mass is 16.3. The number of aliphatic hydroxyl groups is 1. The Bertz CT molecular complexity index is 499. The van der Waals surface area contributed by atoms with E-state index in [1.54, 1.807) is 9.80 Å². The zero-order chi connectivity index (χ0) is 14.2. The first kappa shape index (κ1) is 13.9. The van der Waals surface area contributed by atoms with Gasteiger partial charge in [0.2, 0.25) is 0 Å². The van der Waals surface area contributed by atoms with Crippen molar-refractivity contribution in [2.24, 2.45) is 0 Å². The highest BCUT2D eigenvalue weighted by molar-refractivity contribution is 5.77. The molecule has 1 aliphatic rings. The van der Waals surface area contributed by atoms with Crippen molar-refractivity contribution in [3.63, 3.8) is 0 Å². The van der Waals surface area contributed by atoms with Crippen LogP contribution < -0.4 is 0 Å². The number of nitrogens with zero attached hydrogens (tertiary/aromatic N) is 2. The van der Waals surface area contributed by atoms with Crippen LogP contribution in [-0.2, 0) is 0 Å². The molecule has 1 aliphatic heterocycles. The zero-order valence-corrected chi connectivity index (χ0v) is 12.1. The summed E-state index contributed by atoms with van der Waals surface area (Å²) in [5.41, 5.74) is 4.96. The molecule has 1 heterocycles. The van der Waals surface area contributed by atoms with E-state index in [9.17, 15) is 4.79 Å². The Kier molecular flexibility index (Phi) is 3.80. The number of β-amino-alcohol motifs (C(OH)–C–C–N with tert-alkyl or cyclic N) is 1. The molecule has 104 valence electrons. The summed E-state index contributed by atoms with van der Waals surface area (Å²) in [5, 5.41) is 9.01. The number of benzene rings is 1. The molecule has 1 aromatic rings. The van der Waals surface area contributed by atoms with Crippen LogP contribution >= 0.6 is 0 Å². The van der Waals surface area contributed by atoms with Crippen molar-refractivity contribution in [2.75, 3.05) is 26.7 Å². The molecule has 0 aliphatic carbocycles. The second-order valence-electron chi connectivity index (χ2n) is 5.37. The number of aliphatic hydroxyl groups excluding tert-OH is 1. The fraction of sp³-hybridized carbons (Fsp3) is 0.533. The zero-order valence-electron chi connectivity index (χ0n) is 12.1. The topological polar surface area (TPSA) is 43.8 Å². The Morgan fingerprint density at radius 2 is 1.84 bits per heavy atom. The summed E-state index contributed by atoms with van der Waals surface area (Å²) in [5.74, 6) is 0. The smallest absolute Gasteiger partial charge is 0.320 e. The summed E-state index contributed by atoms with van der Waals surface area (Å²) in [6, 6.07) is 4.44. The molecule has 1 unspecified atom stereocenters. The molecule has 0 spiro atoms. The summed E-state index contributed by atoms with van der Waals surface area (Å²) in [4.78, 5) is 15.6. The Balaban J connectivity index is 2.32. The Labute approximate surface area is 114 Å². The third-order valence-electron chi connectivity index (χ3n) is 4.04. The van der Waals surface area contributed by atoms with Gasteiger partial charge in [-0.2, -0.15) is 0 Å². The maximum absolute atomic E-state index is 12.1. The monoisotopic (exact) mass is 262 g/mol. The molecule has 2 rings (SSSR count). The van der Waals surface area contributed by atoms with Crippen LogP contribution in [-0.4, -0.2) is 47.7 Å². The molecule has 0 radical (unpaired) electrons. The van der Waals surface area contributed by atoms with Gasteiger partial charge in [0.1, 0.15) is 0 Å². The lowest BCUT2D eigenvalue weighted by Crippen LogP contribution is -2.31. The van der Waals surface area contributed by atoms with E-state index in [-0.39, 0.29) is 18.7 Å². The lowest BCUT2D eigenvalue weighted by molar-refractivity contribution is 0.182. The normalized spacial score (nSPS) is 19.4. The van der Waals surface area contributed by atoms with Crippen molar-refractivity contribution in [1.82, 2.24) is 9.80 Å². The minimum absolute atomic E-state index is 0.00308. The minimum atomic E-state index is -0.00308. The molecule has 1 aromatic carbocycles. The summed E-state index contributed by atoms with van der Waals surface area (Å²) < 4.78 is 0. The second-order valence-corrected chi connectivity index (χ2v) is 5.37. The second kappa shape index (κ2) is 5.21. The summed E-state index contributed by atoms with van der Waals surface area (Å²) in [6.45, 7) is 7.37. The standard InChI is InChI=1S/C15H22N2O2/c1-10-7-12(3)13(8-11(10)2)14-9-17(5-6-18)15(19)16(14)4/h7-8,14,18H,5-6,9H2,1-4H3. The summed E-state index contributed by atoms with van der Waals surface area (Å²) in [6.07, 6.45) is 0. The Morgan fingerprint density at radius 3 is 2.47 bits per heavy atom. The van der Waals surface area contributed by atoms with Crippen LogP contribution in [0.5, 0.6) is 0 Å². The van der Waals surface area contributed by atoms with Crippen LogP contribution in [0, 0.1) is 20.8 Å². The molecule has 0 aromatic heterocycles. The largest absolute Gasteiger partial charge is 0.395 e. The Morgan fingerprint density at radius 1 is 1.21 bits per heavy atom. The predicted octanol–water partition coefficient (Wildman–Crippen LogP) is 2.01. The maximum atomic E-state index is 12.1. The molecule has 2 amide bonds. The average Bonchev–Trinajstić information content (AvgIpc) is 2.63. The van der Waals surface area contributed by atoms with Gasteiger partial charge in [-0.05, 0) is 43.0 Å². The minimum Gasteiger partial charge on any atom is -0.395 e. The number of hydrogen-bond donors (Lipinski definition) is 1. The van der Waals surface area contributed by atoms with Crippen molar-refractivity contribution in [3.05, 3.63) is 34.4 Å². The van der Waals surface area contributed by atoms with Gasteiger partial charge in [-0.1, -0.05) is 12.1 Å². The van der Waals surface area contributed by atoms with Crippen molar-refractivity contribution in [3.8, 4) is 0 Å². The van der Waals surface area contributed by atoms with Crippen LogP contribution in [0.2, 0.25) is 0 Å². The van der Waals surface area contributed by atoms with E-state index in [0.29, 0.717) is 13.1 Å². The molecule has 1 N–H and O–H groups in total. The van der Waals surface area contributed by atoms with Crippen molar-refractivity contribution in [2.45, 2.75) is 26.8 Å². The quantitative estimate of drug-likeness (QED) is 0.905. The molecule has 1 fully saturated rings. The first-order valence-corrected chi connectivity index (χ1v) is 6.66. The lowest BCUT2D eigenvalue weighted by Gasteiger charge is -2.21. The molecule has 4 heteroatoms. The molecule has 19 heavy (non-hydrogen) atoms. The predicted molar refractivity (Wildman–Crippen MR) is 75.2 cm³/mol. The van der Waals surface area contributed by atoms with Crippen LogP contribution in [0.1, 0.15) is 28.3 Å². The Hall–Kier alpha value is -1.55.